The summed E-state index contributed by atoms with van der Waals surface area (Å²) in [5, 5.41) is 0. The molecule has 1 N–H and O–H groups in total. The average Bonchev–Trinajstić information content (AvgIpc) is 2.67. The summed E-state index contributed by atoms with van der Waals surface area (Å²) in [5.74, 6) is 0.712. The lowest BCUT2D eigenvalue weighted by molar-refractivity contribution is 0.122. The molecule has 1 fully saturated rings. The van der Waals surface area contributed by atoms with Crippen LogP contribution in [-0.4, -0.2) is 56.8 Å². The van der Waals surface area contributed by atoms with Gasteiger partial charge in [0.1, 0.15) is 0 Å². The van der Waals surface area contributed by atoms with Gasteiger partial charge in [-0.05, 0) is 28.1 Å². The van der Waals surface area contributed by atoms with E-state index in [0.717, 1.165) is 0 Å². The first kappa shape index (κ1) is 19.0. The van der Waals surface area contributed by atoms with Crippen LogP contribution in [0.2, 0.25) is 0 Å². The zero-order valence-electron chi connectivity index (χ0n) is 14.1. The summed E-state index contributed by atoms with van der Waals surface area (Å²) >= 11 is 3.25. The Morgan fingerprint density at radius 3 is 2.65 bits per heavy atom. The van der Waals surface area contributed by atoms with Crippen molar-refractivity contribution in [3.8, 4) is 6.01 Å². The van der Waals surface area contributed by atoms with E-state index >= 15 is 0 Å². The predicted octanol–water partition coefficient (Wildman–Crippen LogP) is 0.958. The lowest BCUT2D eigenvalue weighted by atomic mass is 10.4. The van der Waals surface area contributed by atoms with Crippen molar-refractivity contribution in [2.45, 2.75) is 11.4 Å². The van der Waals surface area contributed by atoms with Crippen LogP contribution >= 0.6 is 15.9 Å². The van der Waals surface area contributed by atoms with Crippen molar-refractivity contribution in [3.05, 3.63) is 34.6 Å². The van der Waals surface area contributed by atoms with Gasteiger partial charge in [0, 0.05) is 17.6 Å². The summed E-state index contributed by atoms with van der Waals surface area (Å²) in [6.45, 7) is 2.38. The smallest absolute Gasteiger partial charge is 0.321 e. The van der Waals surface area contributed by atoms with Gasteiger partial charge in [-0.3, -0.25) is 0 Å². The molecular formula is C15H18BrN5O4S. The van der Waals surface area contributed by atoms with Gasteiger partial charge in [0.05, 0.1) is 31.8 Å². The van der Waals surface area contributed by atoms with Crippen molar-refractivity contribution in [3.63, 3.8) is 0 Å². The molecule has 1 aliphatic heterocycles. The van der Waals surface area contributed by atoms with Crippen LogP contribution in [0.15, 0.2) is 33.6 Å². The fraction of sp³-hybridized carbons (Fsp3) is 0.400. The highest BCUT2D eigenvalue weighted by Crippen LogP contribution is 2.21. The maximum atomic E-state index is 12.5. The molecule has 0 amide bonds. The number of anilines is 1. The van der Waals surface area contributed by atoms with Gasteiger partial charge >= 0.3 is 6.01 Å². The monoisotopic (exact) mass is 443 g/mol. The number of aromatic nitrogens is 3. The molecule has 2 heterocycles. The van der Waals surface area contributed by atoms with Crippen molar-refractivity contribution < 1.29 is 17.9 Å². The third-order valence-electron chi connectivity index (χ3n) is 3.67. The molecule has 0 bridgehead atoms. The number of morpholine rings is 1. The summed E-state index contributed by atoms with van der Waals surface area (Å²) in [5.41, 5.74) is 0. The first-order valence-electron chi connectivity index (χ1n) is 7.85. The fourth-order valence-corrected chi connectivity index (χ4v) is 4.34. The van der Waals surface area contributed by atoms with Crippen LogP contribution in [0.3, 0.4) is 0 Å². The largest absolute Gasteiger partial charge is 0.467 e. The number of nitrogens with zero attached hydrogens (tertiary/aromatic N) is 4. The number of nitrogens with one attached hydrogen (secondary N) is 1. The molecule has 1 aliphatic rings. The van der Waals surface area contributed by atoms with Gasteiger partial charge in [-0.25, -0.2) is 13.1 Å². The van der Waals surface area contributed by atoms with Crippen LogP contribution in [0.1, 0.15) is 5.82 Å². The van der Waals surface area contributed by atoms with Crippen LogP contribution in [0.25, 0.3) is 0 Å². The van der Waals surface area contributed by atoms with E-state index in [-0.39, 0.29) is 23.3 Å². The van der Waals surface area contributed by atoms with Gasteiger partial charge in [-0.1, -0.05) is 12.1 Å². The van der Waals surface area contributed by atoms with Gasteiger partial charge in [-0.15, -0.1) is 0 Å². The summed E-state index contributed by atoms with van der Waals surface area (Å²) < 4.78 is 38.4. The fourth-order valence-electron chi connectivity index (χ4n) is 2.36. The molecule has 11 heteroatoms. The molecule has 2 aromatic rings. The summed E-state index contributed by atoms with van der Waals surface area (Å²) in [6, 6.07) is 6.71. The highest BCUT2D eigenvalue weighted by Gasteiger charge is 2.20. The van der Waals surface area contributed by atoms with E-state index in [1.807, 2.05) is 4.90 Å². The molecule has 0 atom stereocenters. The second kappa shape index (κ2) is 8.25. The average molecular weight is 444 g/mol. The Bertz CT molecular complexity index is 874. The lowest BCUT2D eigenvalue weighted by Crippen LogP contribution is -2.37. The van der Waals surface area contributed by atoms with Crippen molar-refractivity contribution >= 4 is 31.9 Å². The Hall–Kier alpha value is -1.82. The van der Waals surface area contributed by atoms with Gasteiger partial charge in [0.25, 0.3) is 0 Å². The number of halogens is 1. The molecule has 9 nitrogen and oxygen atoms in total. The summed E-state index contributed by atoms with van der Waals surface area (Å²) in [6.07, 6.45) is 0. The van der Waals surface area contributed by atoms with Crippen LogP contribution in [0.4, 0.5) is 5.95 Å². The van der Waals surface area contributed by atoms with Crippen molar-refractivity contribution in [1.82, 2.24) is 19.7 Å². The quantitative estimate of drug-likeness (QED) is 0.703. The number of ether oxygens (including phenoxy) is 2. The van der Waals surface area contributed by atoms with Gasteiger partial charge in [0.2, 0.25) is 16.0 Å². The molecular weight excluding hydrogens is 426 g/mol. The molecule has 1 aromatic carbocycles. The molecule has 3 rings (SSSR count). The van der Waals surface area contributed by atoms with E-state index in [9.17, 15) is 8.42 Å². The third-order valence-corrected chi connectivity index (χ3v) is 6.09. The maximum absolute atomic E-state index is 12.5. The molecule has 0 spiro atoms. The molecule has 0 saturated carbocycles. The minimum atomic E-state index is -3.72. The Morgan fingerprint density at radius 2 is 1.96 bits per heavy atom. The van der Waals surface area contributed by atoms with E-state index < -0.39 is 10.0 Å². The topological polar surface area (TPSA) is 107 Å². The van der Waals surface area contributed by atoms with E-state index in [1.54, 1.807) is 18.2 Å². The van der Waals surface area contributed by atoms with Gasteiger partial charge < -0.3 is 14.4 Å². The summed E-state index contributed by atoms with van der Waals surface area (Å²) in [4.78, 5) is 14.8. The Morgan fingerprint density at radius 1 is 1.23 bits per heavy atom. The molecule has 26 heavy (non-hydrogen) atoms. The van der Waals surface area contributed by atoms with Crippen LogP contribution in [-0.2, 0) is 21.3 Å². The summed E-state index contributed by atoms with van der Waals surface area (Å²) in [7, 11) is -2.27. The predicted molar refractivity (Wildman–Crippen MR) is 97.6 cm³/mol. The normalized spacial score (nSPS) is 15.1. The maximum Gasteiger partial charge on any atom is 0.321 e. The number of rotatable bonds is 6. The zero-order chi connectivity index (χ0) is 18.6. The van der Waals surface area contributed by atoms with E-state index in [4.69, 9.17) is 9.47 Å². The Kier molecular flexibility index (Phi) is 6.01. The van der Waals surface area contributed by atoms with Crippen LogP contribution in [0.5, 0.6) is 6.01 Å². The number of benzene rings is 1. The Labute approximate surface area is 159 Å². The van der Waals surface area contributed by atoms with E-state index in [0.29, 0.717) is 36.7 Å². The molecule has 1 saturated heterocycles. The molecule has 0 unspecified atom stereocenters. The Balaban J connectivity index is 1.80. The first-order chi connectivity index (χ1) is 12.5. The minimum Gasteiger partial charge on any atom is -0.467 e. The highest BCUT2D eigenvalue weighted by atomic mass is 79.9. The molecule has 140 valence electrons. The third kappa shape index (κ3) is 4.47. The number of sulfonamides is 1. The van der Waals surface area contributed by atoms with Crippen molar-refractivity contribution in [2.24, 2.45) is 0 Å². The molecule has 0 radical (unpaired) electrons. The second-order valence-electron chi connectivity index (χ2n) is 5.39. The van der Waals surface area contributed by atoms with Crippen LogP contribution in [0, 0.1) is 0 Å². The number of hydrogen-bond donors (Lipinski definition) is 1. The number of hydrogen-bond acceptors (Lipinski definition) is 8. The molecule has 1 aromatic heterocycles. The standard InChI is InChI=1S/C15H18BrN5O4S/c1-24-15-19-13(18-14(20-15)21-6-8-25-9-7-21)10-17-26(22,23)12-5-3-2-4-11(12)16/h2-5,17H,6-10H2,1H3. The van der Waals surface area contributed by atoms with Gasteiger partial charge in [0.15, 0.2) is 5.82 Å². The molecule has 0 aliphatic carbocycles. The zero-order valence-corrected chi connectivity index (χ0v) is 16.5. The second-order valence-corrected chi connectivity index (χ2v) is 7.98. The SMILES string of the molecule is COc1nc(CNS(=O)(=O)c2ccccc2Br)nc(N2CCOCC2)n1. The van der Waals surface area contributed by atoms with E-state index in [1.165, 1.54) is 13.2 Å². The first-order valence-corrected chi connectivity index (χ1v) is 10.1. The number of methoxy groups -OCH3 is 1. The lowest BCUT2D eigenvalue weighted by Gasteiger charge is -2.26. The van der Waals surface area contributed by atoms with Crippen molar-refractivity contribution in [1.29, 1.82) is 0 Å². The van der Waals surface area contributed by atoms with Gasteiger partial charge in [-0.2, -0.15) is 15.0 Å². The highest BCUT2D eigenvalue weighted by molar-refractivity contribution is 9.10. The minimum absolute atomic E-state index is 0.0834. The van der Waals surface area contributed by atoms with Crippen LogP contribution < -0.4 is 14.4 Å². The van der Waals surface area contributed by atoms with E-state index in [2.05, 4.69) is 35.6 Å². The van der Waals surface area contributed by atoms with Crippen molar-refractivity contribution in [2.75, 3.05) is 38.3 Å².